The van der Waals surface area contributed by atoms with E-state index in [1.54, 1.807) is 0 Å². The van der Waals surface area contributed by atoms with Gasteiger partial charge in [0, 0.05) is 24.3 Å². The summed E-state index contributed by atoms with van der Waals surface area (Å²) in [5.41, 5.74) is 7.24. The van der Waals surface area contributed by atoms with Crippen LogP contribution in [0, 0.1) is 0 Å². The van der Waals surface area contributed by atoms with Crippen LogP contribution < -0.4 is 10.6 Å². The Balaban J connectivity index is 2.09. The Kier molecular flexibility index (Phi) is 4.81. The maximum absolute atomic E-state index is 5.99. The van der Waals surface area contributed by atoms with E-state index in [0.717, 1.165) is 18.7 Å². The summed E-state index contributed by atoms with van der Waals surface area (Å²) in [7, 11) is 0. The fourth-order valence-electron chi connectivity index (χ4n) is 3.02. The van der Waals surface area contributed by atoms with Crippen LogP contribution in [0.4, 0.5) is 5.82 Å². The standard InChI is InChI=1S/C16H27N3/c1-4-14(17)10-13-7-9-16(18-11-13)19-12(3)6-8-15(19)5-2/h7,9,11-12,14-15H,4-6,8,10,17H2,1-3H3. The maximum atomic E-state index is 5.99. The lowest BCUT2D eigenvalue weighted by molar-refractivity contribution is 0.619. The first-order chi connectivity index (χ1) is 9.15. The highest BCUT2D eigenvalue weighted by atomic mass is 15.2. The molecule has 0 bridgehead atoms. The molecular weight excluding hydrogens is 234 g/mol. The van der Waals surface area contributed by atoms with Crippen molar-refractivity contribution < 1.29 is 0 Å². The molecule has 2 rings (SSSR count). The van der Waals surface area contributed by atoms with Gasteiger partial charge in [0.1, 0.15) is 5.82 Å². The first kappa shape index (κ1) is 14.3. The molecule has 2 heterocycles. The Labute approximate surface area is 117 Å². The van der Waals surface area contributed by atoms with Crippen LogP contribution in [0.2, 0.25) is 0 Å². The van der Waals surface area contributed by atoms with Crippen molar-refractivity contribution in [1.29, 1.82) is 0 Å². The van der Waals surface area contributed by atoms with Crippen LogP contribution in [0.3, 0.4) is 0 Å². The zero-order valence-corrected chi connectivity index (χ0v) is 12.5. The van der Waals surface area contributed by atoms with Gasteiger partial charge in [0.05, 0.1) is 0 Å². The van der Waals surface area contributed by atoms with Gasteiger partial charge in [-0.2, -0.15) is 0 Å². The molecule has 3 unspecified atom stereocenters. The minimum atomic E-state index is 0.252. The van der Waals surface area contributed by atoms with Crippen LogP contribution in [0.15, 0.2) is 18.3 Å². The van der Waals surface area contributed by atoms with E-state index >= 15 is 0 Å². The van der Waals surface area contributed by atoms with Crippen LogP contribution in [0.5, 0.6) is 0 Å². The van der Waals surface area contributed by atoms with Crippen molar-refractivity contribution in [2.24, 2.45) is 5.73 Å². The van der Waals surface area contributed by atoms with Gasteiger partial charge >= 0.3 is 0 Å². The van der Waals surface area contributed by atoms with Crippen molar-refractivity contribution >= 4 is 5.82 Å². The Morgan fingerprint density at radius 2 is 2.16 bits per heavy atom. The number of rotatable bonds is 5. The van der Waals surface area contributed by atoms with E-state index in [9.17, 15) is 0 Å². The van der Waals surface area contributed by atoms with Crippen molar-refractivity contribution in [3.8, 4) is 0 Å². The summed E-state index contributed by atoms with van der Waals surface area (Å²) in [5.74, 6) is 1.13. The van der Waals surface area contributed by atoms with Gasteiger partial charge in [-0.15, -0.1) is 0 Å². The first-order valence-electron chi connectivity index (χ1n) is 7.64. The largest absolute Gasteiger partial charge is 0.351 e. The zero-order chi connectivity index (χ0) is 13.8. The van der Waals surface area contributed by atoms with Gasteiger partial charge in [-0.05, 0) is 50.7 Å². The average molecular weight is 261 g/mol. The number of nitrogens with two attached hydrogens (primary N) is 1. The normalized spacial score (nSPS) is 24.7. The Bertz CT molecular complexity index is 387. The summed E-state index contributed by atoms with van der Waals surface area (Å²) in [4.78, 5) is 7.16. The molecule has 106 valence electrons. The summed E-state index contributed by atoms with van der Waals surface area (Å²) in [6.07, 6.45) is 7.72. The molecule has 0 radical (unpaired) electrons. The molecule has 1 fully saturated rings. The van der Waals surface area contributed by atoms with Crippen LogP contribution in [-0.4, -0.2) is 23.1 Å². The van der Waals surface area contributed by atoms with E-state index in [2.05, 4.69) is 42.8 Å². The molecule has 3 heteroatoms. The van der Waals surface area contributed by atoms with Crippen molar-refractivity contribution in [2.45, 2.75) is 71.0 Å². The number of hydrogen-bond acceptors (Lipinski definition) is 3. The topological polar surface area (TPSA) is 42.1 Å². The SMILES string of the molecule is CCC(N)Cc1ccc(N2C(C)CCC2CC)nc1. The first-order valence-corrected chi connectivity index (χ1v) is 7.64. The fourth-order valence-corrected chi connectivity index (χ4v) is 3.02. The molecule has 0 aliphatic carbocycles. The quantitative estimate of drug-likeness (QED) is 0.885. The molecule has 0 amide bonds. The second-order valence-electron chi connectivity index (χ2n) is 5.79. The lowest BCUT2D eigenvalue weighted by Crippen LogP contribution is -2.34. The monoisotopic (exact) mass is 261 g/mol. The van der Waals surface area contributed by atoms with E-state index in [-0.39, 0.29) is 6.04 Å². The van der Waals surface area contributed by atoms with Crippen molar-refractivity contribution in [1.82, 2.24) is 4.98 Å². The van der Waals surface area contributed by atoms with Gasteiger partial charge in [0.2, 0.25) is 0 Å². The summed E-state index contributed by atoms with van der Waals surface area (Å²) in [6.45, 7) is 6.70. The molecule has 0 saturated carbocycles. The number of hydrogen-bond donors (Lipinski definition) is 1. The predicted octanol–water partition coefficient (Wildman–Crippen LogP) is 3.13. The van der Waals surface area contributed by atoms with Crippen molar-refractivity contribution in [2.75, 3.05) is 4.90 Å². The molecule has 1 saturated heterocycles. The third-order valence-electron chi connectivity index (χ3n) is 4.35. The highest BCUT2D eigenvalue weighted by Gasteiger charge is 2.29. The Hall–Kier alpha value is -1.09. The number of aromatic nitrogens is 1. The third kappa shape index (κ3) is 3.27. The lowest BCUT2D eigenvalue weighted by atomic mass is 10.1. The van der Waals surface area contributed by atoms with Gasteiger partial charge in [-0.1, -0.05) is 19.9 Å². The summed E-state index contributed by atoms with van der Waals surface area (Å²) in [5, 5.41) is 0. The summed E-state index contributed by atoms with van der Waals surface area (Å²) in [6, 6.07) is 5.88. The highest BCUT2D eigenvalue weighted by molar-refractivity contribution is 5.43. The van der Waals surface area contributed by atoms with Crippen LogP contribution >= 0.6 is 0 Å². The van der Waals surface area contributed by atoms with Gasteiger partial charge in [-0.25, -0.2) is 4.98 Å². The number of anilines is 1. The van der Waals surface area contributed by atoms with E-state index in [1.807, 2.05) is 6.20 Å². The zero-order valence-electron chi connectivity index (χ0n) is 12.5. The van der Waals surface area contributed by atoms with Crippen LogP contribution in [0.1, 0.15) is 52.0 Å². The molecule has 19 heavy (non-hydrogen) atoms. The molecule has 1 aromatic heterocycles. The third-order valence-corrected chi connectivity index (χ3v) is 4.35. The molecule has 1 aliphatic heterocycles. The molecular formula is C16H27N3. The van der Waals surface area contributed by atoms with Crippen LogP contribution in [-0.2, 0) is 6.42 Å². The van der Waals surface area contributed by atoms with Gasteiger partial charge in [0.15, 0.2) is 0 Å². The molecule has 1 aromatic rings. The minimum Gasteiger partial charge on any atom is -0.351 e. The highest BCUT2D eigenvalue weighted by Crippen LogP contribution is 2.30. The van der Waals surface area contributed by atoms with E-state index in [1.165, 1.54) is 24.8 Å². The molecule has 0 aromatic carbocycles. The van der Waals surface area contributed by atoms with E-state index in [4.69, 9.17) is 5.73 Å². The van der Waals surface area contributed by atoms with Crippen molar-refractivity contribution in [3.63, 3.8) is 0 Å². The lowest BCUT2D eigenvalue weighted by Gasteiger charge is -2.29. The number of nitrogens with zero attached hydrogens (tertiary/aromatic N) is 2. The summed E-state index contributed by atoms with van der Waals surface area (Å²) >= 11 is 0. The molecule has 1 aliphatic rings. The van der Waals surface area contributed by atoms with Gasteiger partial charge in [-0.3, -0.25) is 0 Å². The molecule has 2 N–H and O–H groups in total. The van der Waals surface area contributed by atoms with Crippen molar-refractivity contribution in [3.05, 3.63) is 23.9 Å². The molecule has 3 nitrogen and oxygen atoms in total. The minimum absolute atomic E-state index is 0.252. The second kappa shape index (κ2) is 6.38. The number of pyridine rings is 1. The smallest absolute Gasteiger partial charge is 0.128 e. The van der Waals surface area contributed by atoms with E-state index in [0.29, 0.717) is 12.1 Å². The van der Waals surface area contributed by atoms with E-state index < -0.39 is 0 Å². The second-order valence-corrected chi connectivity index (χ2v) is 5.79. The maximum Gasteiger partial charge on any atom is 0.128 e. The predicted molar refractivity (Wildman–Crippen MR) is 81.5 cm³/mol. The Morgan fingerprint density at radius 1 is 1.37 bits per heavy atom. The van der Waals surface area contributed by atoms with Gasteiger partial charge < -0.3 is 10.6 Å². The Morgan fingerprint density at radius 3 is 2.74 bits per heavy atom. The van der Waals surface area contributed by atoms with Gasteiger partial charge in [0.25, 0.3) is 0 Å². The molecule has 0 spiro atoms. The fraction of sp³-hybridized carbons (Fsp3) is 0.688. The van der Waals surface area contributed by atoms with Crippen LogP contribution in [0.25, 0.3) is 0 Å². The average Bonchev–Trinajstić information content (AvgIpc) is 2.80. The summed E-state index contributed by atoms with van der Waals surface area (Å²) < 4.78 is 0. The molecule has 3 atom stereocenters.